The molecule has 2 rings (SSSR count). The molecule has 1 atom stereocenters. The predicted molar refractivity (Wildman–Crippen MR) is 89.0 cm³/mol. The van der Waals surface area contributed by atoms with Crippen molar-refractivity contribution in [2.45, 2.75) is 33.2 Å². The molecule has 0 saturated heterocycles. The van der Waals surface area contributed by atoms with Crippen molar-refractivity contribution in [1.29, 1.82) is 0 Å². The molecule has 0 aromatic carbocycles. The van der Waals surface area contributed by atoms with Crippen molar-refractivity contribution in [2.75, 3.05) is 13.6 Å². The zero-order chi connectivity index (χ0) is 16.8. The van der Waals surface area contributed by atoms with Crippen LogP contribution in [0.5, 0.6) is 0 Å². The van der Waals surface area contributed by atoms with E-state index in [2.05, 4.69) is 20.3 Å². The molecular formula is C17H23N5O. The summed E-state index contributed by atoms with van der Waals surface area (Å²) < 4.78 is 0. The van der Waals surface area contributed by atoms with Crippen LogP contribution in [-0.4, -0.2) is 39.5 Å². The first-order valence-corrected chi connectivity index (χ1v) is 7.70. The Morgan fingerprint density at radius 2 is 1.96 bits per heavy atom. The molecule has 2 aromatic rings. The van der Waals surface area contributed by atoms with Gasteiger partial charge in [-0.25, -0.2) is 14.8 Å². The summed E-state index contributed by atoms with van der Waals surface area (Å²) in [4.78, 5) is 26.9. The zero-order valence-electron chi connectivity index (χ0n) is 14.1. The summed E-state index contributed by atoms with van der Waals surface area (Å²) >= 11 is 0. The van der Waals surface area contributed by atoms with Gasteiger partial charge in [0.25, 0.3) is 0 Å². The summed E-state index contributed by atoms with van der Waals surface area (Å²) in [5, 5.41) is 2.90. The van der Waals surface area contributed by atoms with Gasteiger partial charge in [-0.15, -0.1) is 0 Å². The third-order valence-electron chi connectivity index (χ3n) is 3.67. The molecule has 0 aliphatic heterocycles. The second kappa shape index (κ2) is 7.67. The van der Waals surface area contributed by atoms with Crippen LogP contribution >= 0.6 is 0 Å². The maximum atomic E-state index is 12.2. The number of urea groups is 1. The molecule has 1 N–H and O–H groups in total. The highest BCUT2D eigenvalue weighted by Gasteiger charge is 2.17. The second-order valence-electron chi connectivity index (χ2n) is 5.59. The minimum Gasteiger partial charge on any atom is -0.338 e. The molecule has 2 heterocycles. The summed E-state index contributed by atoms with van der Waals surface area (Å²) in [7, 11) is 1.77. The SMILES string of the molecule is Cc1cc(C)nc(CCNC(=O)N(C)[C@@H](C)c2ccccn2)n1. The van der Waals surface area contributed by atoms with Crippen LogP contribution in [0, 0.1) is 13.8 Å². The number of carbonyl (C=O) groups is 1. The summed E-state index contributed by atoms with van der Waals surface area (Å²) in [5.74, 6) is 0.753. The molecule has 6 nitrogen and oxygen atoms in total. The van der Waals surface area contributed by atoms with E-state index in [1.807, 2.05) is 45.0 Å². The smallest absolute Gasteiger partial charge is 0.317 e. The molecule has 2 amide bonds. The van der Waals surface area contributed by atoms with E-state index in [9.17, 15) is 4.79 Å². The van der Waals surface area contributed by atoms with Gasteiger partial charge in [0.15, 0.2) is 0 Å². The Balaban J connectivity index is 1.86. The molecule has 0 aliphatic carbocycles. The summed E-state index contributed by atoms with van der Waals surface area (Å²) in [5.41, 5.74) is 2.75. The molecule has 0 saturated carbocycles. The molecule has 122 valence electrons. The van der Waals surface area contributed by atoms with E-state index < -0.39 is 0 Å². The normalized spacial score (nSPS) is 11.8. The highest BCUT2D eigenvalue weighted by atomic mass is 16.2. The summed E-state index contributed by atoms with van der Waals surface area (Å²) in [6.45, 7) is 6.34. The average Bonchev–Trinajstić information content (AvgIpc) is 2.53. The lowest BCUT2D eigenvalue weighted by Crippen LogP contribution is -2.39. The topological polar surface area (TPSA) is 71.0 Å². The Morgan fingerprint density at radius 3 is 2.57 bits per heavy atom. The Morgan fingerprint density at radius 1 is 1.26 bits per heavy atom. The van der Waals surface area contributed by atoms with Crippen LogP contribution in [0.1, 0.15) is 35.9 Å². The Labute approximate surface area is 137 Å². The van der Waals surface area contributed by atoms with Crippen LogP contribution in [0.15, 0.2) is 30.5 Å². The lowest BCUT2D eigenvalue weighted by Gasteiger charge is -2.24. The van der Waals surface area contributed by atoms with Gasteiger partial charge in [0.2, 0.25) is 0 Å². The van der Waals surface area contributed by atoms with Gasteiger partial charge < -0.3 is 10.2 Å². The number of carbonyl (C=O) groups excluding carboxylic acids is 1. The number of rotatable bonds is 5. The van der Waals surface area contributed by atoms with E-state index in [4.69, 9.17) is 0 Å². The summed E-state index contributed by atoms with van der Waals surface area (Å²) in [6.07, 6.45) is 2.34. The van der Waals surface area contributed by atoms with E-state index in [1.165, 1.54) is 0 Å². The van der Waals surface area contributed by atoms with Gasteiger partial charge in [0.1, 0.15) is 5.82 Å². The van der Waals surface area contributed by atoms with Gasteiger partial charge in [-0.2, -0.15) is 0 Å². The van der Waals surface area contributed by atoms with Crippen molar-refractivity contribution >= 4 is 6.03 Å². The molecule has 6 heteroatoms. The minimum atomic E-state index is -0.132. The van der Waals surface area contributed by atoms with Crippen molar-refractivity contribution in [2.24, 2.45) is 0 Å². The minimum absolute atomic E-state index is 0.0892. The number of nitrogens with zero attached hydrogens (tertiary/aromatic N) is 4. The van der Waals surface area contributed by atoms with Crippen LogP contribution in [0.3, 0.4) is 0 Å². The Bertz CT molecular complexity index is 639. The van der Waals surface area contributed by atoms with E-state index >= 15 is 0 Å². The van der Waals surface area contributed by atoms with Crippen molar-refractivity contribution in [1.82, 2.24) is 25.2 Å². The number of hydrogen-bond acceptors (Lipinski definition) is 4. The van der Waals surface area contributed by atoms with Gasteiger partial charge in [0, 0.05) is 37.6 Å². The van der Waals surface area contributed by atoms with Crippen LogP contribution < -0.4 is 5.32 Å². The van der Waals surface area contributed by atoms with Gasteiger partial charge in [0.05, 0.1) is 11.7 Å². The first-order chi connectivity index (χ1) is 11.0. The van der Waals surface area contributed by atoms with E-state index in [1.54, 1.807) is 18.1 Å². The molecule has 0 spiro atoms. The number of aromatic nitrogens is 3. The quantitative estimate of drug-likeness (QED) is 0.920. The molecule has 0 bridgehead atoms. The maximum absolute atomic E-state index is 12.2. The fraction of sp³-hybridized carbons (Fsp3) is 0.412. The maximum Gasteiger partial charge on any atom is 0.317 e. The predicted octanol–water partition coefficient (Wildman–Crippen LogP) is 2.43. The number of hydrogen-bond donors (Lipinski definition) is 1. The van der Waals surface area contributed by atoms with Gasteiger partial charge in [-0.05, 0) is 39.0 Å². The lowest BCUT2D eigenvalue weighted by molar-refractivity contribution is 0.193. The van der Waals surface area contributed by atoms with E-state index in [-0.39, 0.29) is 12.1 Å². The molecule has 0 fully saturated rings. The third-order valence-corrected chi connectivity index (χ3v) is 3.67. The third kappa shape index (κ3) is 4.74. The number of amides is 2. The van der Waals surface area contributed by atoms with Crippen LogP contribution in [-0.2, 0) is 6.42 Å². The van der Waals surface area contributed by atoms with E-state index in [0.29, 0.717) is 13.0 Å². The van der Waals surface area contributed by atoms with E-state index in [0.717, 1.165) is 22.9 Å². The number of aryl methyl sites for hydroxylation is 2. The average molecular weight is 313 g/mol. The lowest BCUT2D eigenvalue weighted by atomic mass is 10.2. The number of nitrogens with one attached hydrogen (secondary N) is 1. The van der Waals surface area contributed by atoms with Gasteiger partial charge >= 0.3 is 6.03 Å². The zero-order valence-corrected chi connectivity index (χ0v) is 14.1. The molecular weight excluding hydrogens is 290 g/mol. The van der Waals surface area contributed by atoms with Crippen molar-refractivity contribution < 1.29 is 4.79 Å². The van der Waals surface area contributed by atoms with Crippen LogP contribution in [0.25, 0.3) is 0 Å². The fourth-order valence-corrected chi connectivity index (χ4v) is 2.31. The van der Waals surface area contributed by atoms with Crippen molar-refractivity contribution in [3.05, 3.63) is 53.4 Å². The Hall–Kier alpha value is -2.50. The Kier molecular flexibility index (Phi) is 5.62. The largest absolute Gasteiger partial charge is 0.338 e. The second-order valence-corrected chi connectivity index (χ2v) is 5.59. The first kappa shape index (κ1) is 16.9. The van der Waals surface area contributed by atoms with Gasteiger partial charge in [-0.3, -0.25) is 4.98 Å². The fourth-order valence-electron chi connectivity index (χ4n) is 2.31. The molecule has 0 unspecified atom stereocenters. The highest BCUT2D eigenvalue weighted by molar-refractivity contribution is 5.74. The van der Waals surface area contributed by atoms with Gasteiger partial charge in [-0.1, -0.05) is 6.07 Å². The first-order valence-electron chi connectivity index (χ1n) is 7.70. The monoisotopic (exact) mass is 313 g/mol. The van der Waals surface area contributed by atoms with Crippen LogP contribution in [0.4, 0.5) is 4.79 Å². The molecule has 0 aliphatic rings. The van der Waals surface area contributed by atoms with Crippen LogP contribution in [0.2, 0.25) is 0 Å². The molecule has 23 heavy (non-hydrogen) atoms. The highest BCUT2D eigenvalue weighted by Crippen LogP contribution is 2.15. The van der Waals surface area contributed by atoms with Crippen molar-refractivity contribution in [3.63, 3.8) is 0 Å². The molecule has 2 aromatic heterocycles. The molecule has 0 radical (unpaired) electrons. The standard InChI is InChI=1S/C17H23N5O/c1-12-11-13(2)21-16(20-12)8-10-19-17(23)22(4)14(3)15-7-5-6-9-18-15/h5-7,9,11,14H,8,10H2,1-4H3,(H,19,23)/t14-/m0/s1. The number of pyridine rings is 1. The van der Waals surface area contributed by atoms with Crippen molar-refractivity contribution in [3.8, 4) is 0 Å². The summed E-state index contributed by atoms with van der Waals surface area (Å²) in [6, 6.07) is 7.41.